The van der Waals surface area contributed by atoms with E-state index in [9.17, 15) is 4.79 Å². The Morgan fingerprint density at radius 1 is 1.16 bits per heavy atom. The third-order valence-corrected chi connectivity index (χ3v) is 4.41. The summed E-state index contributed by atoms with van der Waals surface area (Å²) < 4.78 is 11.0. The summed E-state index contributed by atoms with van der Waals surface area (Å²) in [4.78, 5) is 19.8. The molecule has 0 atom stereocenters. The number of aromatic nitrogens is 2. The number of nitrogens with one attached hydrogen (secondary N) is 2. The lowest BCUT2D eigenvalue weighted by Crippen LogP contribution is -2.17. The Morgan fingerprint density at radius 2 is 1.96 bits per heavy atom. The first kappa shape index (κ1) is 17.4. The molecule has 4 rings (SSSR count). The quantitative estimate of drug-likeness (QED) is 0.681. The number of hydrogen-bond donors (Lipinski definition) is 2. The number of hydrogen-bond acceptors (Lipinski definition) is 5. The van der Waals surface area contributed by atoms with Crippen LogP contribution in [-0.2, 0) is 4.79 Å². The zero-order chi connectivity index (χ0) is 16.4. The number of carbonyl (C=O) groups is 1. The van der Waals surface area contributed by atoms with Crippen molar-refractivity contribution in [3.63, 3.8) is 0 Å². The summed E-state index contributed by atoms with van der Waals surface area (Å²) in [6.45, 7) is 1.07. The van der Waals surface area contributed by atoms with Gasteiger partial charge in [-0.3, -0.25) is 4.79 Å². The molecule has 0 saturated heterocycles. The third-order valence-electron chi connectivity index (χ3n) is 3.53. The normalized spacial score (nSPS) is 12.5. The molecule has 0 spiro atoms. The fourth-order valence-electron chi connectivity index (χ4n) is 2.45. The molecule has 0 saturated carbocycles. The highest BCUT2D eigenvalue weighted by molar-refractivity contribution is 7.99. The SMILES string of the molecule is Cl.O=C(CSc1nc2ccccc2[nH]1)Nc1ccc2c(c1)OCCO2. The number of nitrogens with zero attached hydrogens (tertiary/aromatic N) is 1. The van der Waals surface area contributed by atoms with Gasteiger partial charge in [-0.2, -0.15) is 0 Å². The molecule has 2 N–H and O–H groups in total. The number of imidazole rings is 1. The molecule has 130 valence electrons. The highest BCUT2D eigenvalue weighted by atomic mass is 35.5. The van der Waals surface area contributed by atoms with Crippen molar-refractivity contribution in [2.24, 2.45) is 0 Å². The smallest absolute Gasteiger partial charge is 0.234 e. The number of aromatic amines is 1. The summed E-state index contributed by atoms with van der Waals surface area (Å²) in [5, 5.41) is 3.59. The largest absolute Gasteiger partial charge is 0.486 e. The summed E-state index contributed by atoms with van der Waals surface area (Å²) in [7, 11) is 0. The van der Waals surface area contributed by atoms with Crippen molar-refractivity contribution in [3.8, 4) is 11.5 Å². The molecule has 0 unspecified atom stereocenters. The van der Waals surface area contributed by atoms with Gasteiger partial charge in [0.25, 0.3) is 0 Å². The predicted octanol–water partition coefficient (Wildman–Crippen LogP) is 3.49. The molecule has 0 fully saturated rings. The maximum absolute atomic E-state index is 12.1. The van der Waals surface area contributed by atoms with Crippen LogP contribution >= 0.6 is 24.2 Å². The van der Waals surface area contributed by atoms with Gasteiger partial charge in [0.05, 0.1) is 16.8 Å². The highest BCUT2D eigenvalue weighted by Crippen LogP contribution is 2.32. The number of amides is 1. The lowest BCUT2D eigenvalue weighted by Gasteiger charge is -2.18. The molecule has 0 radical (unpaired) electrons. The Hall–Kier alpha value is -2.38. The van der Waals surface area contributed by atoms with Gasteiger partial charge < -0.3 is 19.8 Å². The van der Waals surface area contributed by atoms with Gasteiger partial charge >= 0.3 is 0 Å². The fraction of sp³-hybridized carbons (Fsp3) is 0.176. The summed E-state index contributed by atoms with van der Waals surface area (Å²) in [5.41, 5.74) is 2.55. The summed E-state index contributed by atoms with van der Waals surface area (Å²) >= 11 is 1.37. The van der Waals surface area contributed by atoms with E-state index < -0.39 is 0 Å². The lowest BCUT2D eigenvalue weighted by atomic mass is 10.2. The number of halogens is 1. The topological polar surface area (TPSA) is 76.2 Å². The van der Waals surface area contributed by atoms with Gasteiger partial charge in [0, 0.05) is 11.8 Å². The Balaban J connectivity index is 0.00000182. The second-order valence-corrected chi connectivity index (χ2v) is 6.22. The number of anilines is 1. The van der Waals surface area contributed by atoms with Gasteiger partial charge in [0.15, 0.2) is 16.7 Å². The molecule has 6 nitrogen and oxygen atoms in total. The zero-order valence-electron chi connectivity index (χ0n) is 13.2. The molecule has 1 amide bonds. The lowest BCUT2D eigenvalue weighted by molar-refractivity contribution is -0.113. The molecule has 1 aromatic heterocycles. The van der Waals surface area contributed by atoms with E-state index in [2.05, 4.69) is 15.3 Å². The minimum atomic E-state index is -0.0999. The van der Waals surface area contributed by atoms with Crippen LogP contribution < -0.4 is 14.8 Å². The molecule has 2 aromatic carbocycles. The van der Waals surface area contributed by atoms with Gasteiger partial charge in [-0.15, -0.1) is 12.4 Å². The van der Waals surface area contributed by atoms with Crippen LogP contribution in [0.25, 0.3) is 11.0 Å². The van der Waals surface area contributed by atoms with Crippen LogP contribution in [0.5, 0.6) is 11.5 Å². The molecule has 0 aliphatic carbocycles. The van der Waals surface area contributed by atoms with E-state index in [1.54, 1.807) is 18.2 Å². The Labute approximate surface area is 154 Å². The number of benzene rings is 2. The number of rotatable bonds is 4. The number of para-hydroxylation sites is 2. The van der Waals surface area contributed by atoms with Crippen LogP contribution in [0.3, 0.4) is 0 Å². The van der Waals surface area contributed by atoms with E-state index >= 15 is 0 Å². The van der Waals surface area contributed by atoms with Crippen molar-refractivity contribution in [1.29, 1.82) is 0 Å². The second-order valence-electron chi connectivity index (χ2n) is 5.25. The van der Waals surface area contributed by atoms with E-state index in [4.69, 9.17) is 9.47 Å². The molecule has 3 aromatic rings. The average Bonchev–Trinajstić information content (AvgIpc) is 3.03. The van der Waals surface area contributed by atoms with Crippen molar-refractivity contribution in [2.45, 2.75) is 5.16 Å². The first-order valence-electron chi connectivity index (χ1n) is 7.55. The van der Waals surface area contributed by atoms with Crippen molar-refractivity contribution in [1.82, 2.24) is 9.97 Å². The molecule has 1 aliphatic rings. The summed E-state index contributed by atoms with van der Waals surface area (Å²) in [6.07, 6.45) is 0. The van der Waals surface area contributed by atoms with Crippen LogP contribution in [0.1, 0.15) is 0 Å². The molecular weight excluding hydrogens is 362 g/mol. The van der Waals surface area contributed by atoms with Gasteiger partial charge in [-0.05, 0) is 24.3 Å². The van der Waals surface area contributed by atoms with Gasteiger partial charge in [-0.1, -0.05) is 23.9 Å². The highest BCUT2D eigenvalue weighted by Gasteiger charge is 2.13. The second kappa shape index (κ2) is 7.67. The van der Waals surface area contributed by atoms with Crippen molar-refractivity contribution in [3.05, 3.63) is 42.5 Å². The minimum absolute atomic E-state index is 0. The Morgan fingerprint density at radius 3 is 2.80 bits per heavy atom. The van der Waals surface area contributed by atoms with Gasteiger partial charge in [0.2, 0.25) is 5.91 Å². The molecular formula is C17H16ClN3O3S. The molecule has 25 heavy (non-hydrogen) atoms. The van der Waals surface area contributed by atoms with E-state index in [-0.39, 0.29) is 24.1 Å². The van der Waals surface area contributed by atoms with Crippen molar-refractivity contribution in [2.75, 3.05) is 24.3 Å². The van der Waals surface area contributed by atoms with Crippen LogP contribution in [0.15, 0.2) is 47.6 Å². The molecule has 0 bridgehead atoms. The van der Waals surface area contributed by atoms with Gasteiger partial charge in [0.1, 0.15) is 13.2 Å². The zero-order valence-corrected chi connectivity index (χ0v) is 14.8. The maximum atomic E-state index is 12.1. The first-order chi connectivity index (χ1) is 11.8. The third kappa shape index (κ3) is 4.00. The summed E-state index contributed by atoms with van der Waals surface area (Å²) in [5.74, 6) is 1.53. The van der Waals surface area contributed by atoms with E-state index in [1.165, 1.54) is 11.8 Å². The van der Waals surface area contributed by atoms with Gasteiger partial charge in [-0.25, -0.2) is 4.98 Å². The predicted molar refractivity (Wildman–Crippen MR) is 100 cm³/mol. The number of carbonyl (C=O) groups excluding carboxylic acids is 1. The Kier molecular flexibility index (Phi) is 5.35. The minimum Gasteiger partial charge on any atom is -0.486 e. The molecule has 2 heterocycles. The molecule has 1 aliphatic heterocycles. The van der Waals surface area contributed by atoms with E-state index in [0.29, 0.717) is 30.4 Å². The van der Waals surface area contributed by atoms with E-state index in [1.807, 2.05) is 24.3 Å². The van der Waals surface area contributed by atoms with Crippen LogP contribution in [-0.4, -0.2) is 34.8 Å². The Bertz CT molecular complexity index is 867. The van der Waals surface area contributed by atoms with Crippen molar-refractivity contribution >= 4 is 46.8 Å². The number of thioether (sulfide) groups is 1. The first-order valence-corrected chi connectivity index (χ1v) is 8.53. The van der Waals surface area contributed by atoms with Crippen LogP contribution in [0.2, 0.25) is 0 Å². The number of fused-ring (bicyclic) bond motifs is 2. The van der Waals surface area contributed by atoms with Crippen LogP contribution in [0.4, 0.5) is 5.69 Å². The number of ether oxygens (including phenoxy) is 2. The van der Waals surface area contributed by atoms with Crippen molar-refractivity contribution < 1.29 is 14.3 Å². The van der Waals surface area contributed by atoms with Crippen LogP contribution in [0, 0.1) is 0 Å². The standard InChI is InChI=1S/C17H15N3O3S.ClH/c21-16(10-24-17-19-12-3-1-2-4-13(12)20-17)18-11-5-6-14-15(9-11)23-8-7-22-14;/h1-6,9H,7-8,10H2,(H,18,21)(H,19,20);1H. The molecule has 8 heteroatoms. The maximum Gasteiger partial charge on any atom is 0.234 e. The number of H-pyrrole nitrogens is 1. The fourth-order valence-corrected chi connectivity index (χ4v) is 3.13. The monoisotopic (exact) mass is 377 g/mol. The van der Waals surface area contributed by atoms with E-state index in [0.717, 1.165) is 16.2 Å². The summed E-state index contributed by atoms with van der Waals surface area (Å²) in [6, 6.07) is 13.2. The average molecular weight is 378 g/mol.